The van der Waals surface area contributed by atoms with Gasteiger partial charge in [-0.2, -0.15) is 0 Å². The van der Waals surface area contributed by atoms with Gasteiger partial charge in [0.25, 0.3) is 0 Å². The molecule has 1 unspecified atom stereocenters. The lowest BCUT2D eigenvalue weighted by molar-refractivity contribution is 0.0302. The van der Waals surface area contributed by atoms with E-state index < -0.39 is 5.60 Å². The molecule has 0 saturated heterocycles. The Morgan fingerprint density at radius 3 is 2.42 bits per heavy atom. The second-order valence-corrected chi connectivity index (χ2v) is 6.31. The van der Waals surface area contributed by atoms with E-state index in [0.29, 0.717) is 5.92 Å². The van der Waals surface area contributed by atoms with Gasteiger partial charge in [0.2, 0.25) is 0 Å². The van der Waals surface area contributed by atoms with Crippen LogP contribution >= 0.6 is 0 Å². The van der Waals surface area contributed by atoms with Gasteiger partial charge in [0.15, 0.2) is 0 Å². The van der Waals surface area contributed by atoms with Crippen LogP contribution in [0.2, 0.25) is 0 Å². The predicted octanol–water partition coefficient (Wildman–Crippen LogP) is 3.31. The molecular weight excluding hydrogens is 234 g/mol. The summed E-state index contributed by atoms with van der Waals surface area (Å²) in [5, 5.41) is 10.3. The van der Waals surface area contributed by atoms with Crippen LogP contribution in [-0.2, 0) is 12.8 Å². The summed E-state index contributed by atoms with van der Waals surface area (Å²) >= 11 is 0. The summed E-state index contributed by atoms with van der Waals surface area (Å²) in [5.74, 6) is 0.533. The third kappa shape index (κ3) is 6.74. The number of rotatable bonds is 8. The van der Waals surface area contributed by atoms with Crippen molar-refractivity contribution in [1.29, 1.82) is 0 Å². The normalized spacial score (nSPS) is 14.6. The summed E-state index contributed by atoms with van der Waals surface area (Å²) in [5.41, 5.74) is 7.66. The van der Waals surface area contributed by atoms with Crippen molar-refractivity contribution in [1.82, 2.24) is 0 Å². The van der Waals surface area contributed by atoms with Gasteiger partial charge in [0, 0.05) is 0 Å². The molecule has 1 aromatic carbocycles. The second-order valence-electron chi connectivity index (χ2n) is 6.31. The first kappa shape index (κ1) is 16.2. The van der Waals surface area contributed by atoms with Crippen molar-refractivity contribution in [3.05, 3.63) is 35.4 Å². The Bertz CT molecular complexity index is 371. The summed E-state index contributed by atoms with van der Waals surface area (Å²) < 4.78 is 0. The lowest BCUT2D eigenvalue weighted by Crippen LogP contribution is -2.26. The molecule has 0 aliphatic heterocycles. The number of hydrogen-bond donors (Lipinski definition) is 2. The molecule has 0 saturated carbocycles. The molecule has 2 heteroatoms. The van der Waals surface area contributed by atoms with E-state index in [0.717, 1.165) is 38.6 Å². The van der Waals surface area contributed by atoms with E-state index in [1.165, 1.54) is 11.1 Å². The smallest absolute Gasteiger partial charge is 0.0625 e. The van der Waals surface area contributed by atoms with E-state index in [1.807, 2.05) is 6.92 Å². The molecule has 0 aliphatic rings. The zero-order chi connectivity index (χ0) is 14.3. The predicted molar refractivity (Wildman–Crippen MR) is 82.2 cm³/mol. The fourth-order valence-corrected chi connectivity index (χ4v) is 2.64. The highest BCUT2D eigenvalue weighted by Crippen LogP contribution is 2.22. The Hall–Kier alpha value is -0.860. The van der Waals surface area contributed by atoms with Gasteiger partial charge in [0.1, 0.15) is 0 Å². The number of hydrogen-bond acceptors (Lipinski definition) is 2. The molecule has 1 aromatic rings. The number of benzene rings is 1. The van der Waals surface area contributed by atoms with Gasteiger partial charge in [-0.25, -0.2) is 0 Å². The maximum atomic E-state index is 10.3. The SMILES string of the molecule is CC(C)CC(C)(O)CCc1cccc(CCCN)c1. The average Bonchev–Trinajstić information content (AvgIpc) is 2.33. The van der Waals surface area contributed by atoms with Crippen molar-refractivity contribution >= 4 is 0 Å². The number of nitrogens with two attached hydrogens (primary N) is 1. The molecule has 0 aliphatic carbocycles. The first-order valence-corrected chi connectivity index (χ1v) is 7.43. The van der Waals surface area contributed by atoms with Crippen molar-refractivity contribution in [3.8, 4) is 0 Å². The average molecular weight is 263 g/mol. The minimum absolute atomic E-state index is 0.533. The third-order valence-electron chi connectivity index (χ3n) is 3.46. The van der Waals surface area contributed by atoms with Crippen LogP contribution in [0.15, 0.2) is 24.3 Å². The Morgan fingerprint density at radius 2 is 1.84 bits per heavy atom. The van der Waals surface area contributed by atoms with Crippen LogP contribution in [0.1, 0.15) is 51.2 Å². The van der Waals surface area contributed by atoms with Gasteiger partial charge in [-0.15, -0.1) is 0 Å². The van der Waals surface area contributed by atoms with Crippen LogP contribution in [0.4, 0.5) is 0 Å². The minimum atomic E-state index is -0.554. The summed E-state index contributed by atoms with van der Waals surface area (Å²) in [7, 11) is 0. The van der Waals surface area contributed by atoms with Gasteiger partial charge in [-0.1, -0.05) is 38.1 Å². The molecule has 0 fully saturated rings. The fourth-order valence-electron chi connectivity index (χ4n) is 2.64. The molecule has 0 aromatic heterocycles. The zero-order valence-corrected chi connectivity index (χ0v) is 12.7. The van der Waals surface area contributed by atoms with E-state index in [4.69, 9.17) is 5.73 Å². The van der Waals surface area contributed by atoms with Gasteiger partial charge in [0.05, 0.1) is 5.60 Å². The summed E-state index contributed by atoms with van der Waals surface area (Å²) in [4.78, 5) is 0. The van der Waals surface area contributed by atoms with E-state index in [2.05, 4.69) is 38.1 Å². The molecule has 1 atom stereocenters. The van der Waals surface area contributed by atoms with Crippen LogP contribution in [0.25, 0.3) is 0 Å². The molecule has 19 heavy (non-hydrogen) atoms. The monoisotopic (exact) mass is 263 g/mol. The molecule has 3 N–H and O–H groups in total. The highest BCUT2D eigenvalue weighted by molar-refractivity contribution is 5.24. The number of aliphatic hydroxyl groups is 1. The quantitative estimate of drug-likeness (QED) is 0.756. The summed E-state index contributed by atoms with van der Waals surface area (Å²) in [6.07, 6.45) is 4.71. The molecule has 0 heterocycles. The zero-order valence-electron chi connectivity index (χ0n) is 12.7. The largest absolute Gasteiger partial charge is 0.390 e. The fraction of sp³-hybridized carbons (Fsp3) is 0.647. The summed E-state index contributed by atoms with van der Waals surface area (Å²) in [6, 6.07) is 8.67. The van der Waals surface area contributed by atoms with Gasteiger partial charge in [-0.3, -0.25) is 0 Å². The maximum absolute atomic E-state index is 10.3. The number of aryl methyl sites for hydroxylation is 2. The van der Waals surface area contributed by atoms with Crippen molar-refractivity contribution in [3.63, 3.8) is 0 Å². The van der Waals surface area contributed by atoms with Crippen molar-refractivity contribution in [2.75, 3.05) is 6.54 Å². The topological polar surface area (TPSA) is 46.2 Å². The molecule has 108 valence electrons. The van der Waals surface area contributed by atoms with E-state index in [9.17, 15) is 5.11 Å². The Labute approximate surface area is 118 Å². The molecule has 0 amide bonds. The van der Waals surface area contributed by atoms with Crippen LogP contribution in [0, 0.1) is 5.92 Å². The van der Waals surface area contributed by atoms with E-state index in [1.54, 1.807) is 0 Å². The van der Waals surface area contributed by atoms with Crippen LogP contribution in [0.3, 0.4) is 0 Å². The van der Waals surface area contributed by atoms with Crippen molar-refractivity contribution in [2.45, 2.75) is 58.5 Å². The lowest BCUT2D eigenvalue weighted by atomic mass is 9.88. The first-order valence-electron chi connectivity index (χ1n) is 7.43. The minimum Gasteiger partial charge on any atom is -0.390 e. The third-order valence-corrected chi connectivity index (χ3v) is 3.46. The molecule has 2 nitrogen and oxygen atoms in total. The first-order chi connectivity index (χ1) is 8.93. The maximum Gasteiger partial charge on any atom is 0.0625 e. The molecule has 0 spiro atoms. The Kier molecular flexibility index (Phi) is 6.53. The summed E-state index contributed by atoms with van der Waals surface area (Å²) in [6.45, 7) is 7.00. The highest BCUT2D eigenvalue weighted by atomic mass is 16.3. The van der Waals surface area contributed by atoms with Crippen LogP contribution in [-0.4, -0.2) is 17.3 Å². The molecule has 0 radical (unpaired) electrons. The lowest BCUT2D eigenvalue weighted by Gasteiger charge is -2.25. The Morgan fingerprint density at radius 1 is 1.21 bits per heavy atom. The standard InChI is InChI=1S/C17H29NO/c1-14(2)13-17(3,19)10-9-16-7-4-6-15(12-16)8-5-11-18/h4,6-7,12,14,19H,5,8-11,13,18H2,1-3H3. The van der Waals surface area contributed by atoms with Gasteiger partial charge >= 0.3 is 0 Å². The van der Waals surface area contributed by atoms with Crippen molar-refractivity contribution < 1.29 is 5.11 Å². The molecule has 1 rings (SSSR count). The van der Waals surface area contributed by atoms with Crippen molar-refractivity contribution in [2.24, 2.45) is 11.7 Å². The van der Waals surface area contributed by atoms with Crippen LogP contribution < -0.4 is 5.73 Å². The highest BCUT2D eigenvalue weighted by Gasteiger charge is 2.21. The van der Waals surface area contributed by atoms with Crippen LogP contribution in [0.5, 0.6) is 0 Å². The van der Waals surface area contributed by atoms with Gasteiger partial charge in [-0.05, 0) is 62.6 Å². The van der Waals surface area contributed by atoms with Gasteiger partial charge < -0.3 is 10.8 Å². The van der Waals surface area contributed by atoms with E-state index >= 15 is 0 Å². The molecule has 0 bridgehead atoms. The Balaban J connectivity index is 2.52. The van der Waals surface area contributed by atoms with E-state index in [-0.39, 0.29) is 0 Å². The molecular formula is C17H29NO. The second kappa shape index (κ2) is 7.66.